The fourth-order valence-corrected chi connectivity index (χ4v) is 5.06. The van der Waals surface area contributed by atoms with E-state index in [1.807, 2.05) is 81.6 Å². The summed E-state index contributed by atoms with van der Waals surface area (Å²) in [4.78, 5) is 15.1. The molecule has 0 radical (unpaired) electrons. The van der Waals surface area contributed by atoms with Gasteiger partial charge in [0.05, 0.1) is 67.0 Å². The maximum absolute atomic E-state index is 9.58. The molecule has 4 unspecified atom stereocenters. The van der Waals surface area contributed by atoms with Gasteiger partial charge < -0.3 is 29.6 Å². The molecule has 0 aromatic carbocycles. The lowest BCUT2D eigenvalue weighted by atomic mass is 9.85. The topological polar surface area (TPSA) is 103 Å². The van der Waals surface area contributed by atoms with Crippen molar-refractivity contribution in [1.82, 2.24) is 9.88 Å². The van der Waals surface area contributed by atoms with E-state index >= 15 is 0 Å². The van der Waals surface area contributed by atoms with E-state index in [1.165, 1.54) is 0 Å². The third-order valence-corrected chi connectivity index (χ3v) is 7.00. The number of hydrogen-bond acceptors (Lipinski definition) is 7. The van der Waals surface area contributed by atoms with Crippen molar-refractivity contribution < 1.29 is 21.1 Å². The molecule has 5 rings (SSSR count). The maximum Gasteiger partial charge on any atom is 0.0902 e. The van der Waals surface area contributed by atoms with Crippen LogP contribution >= 0.6 is 0 Å². The van der Waals surface area contributed by atoms with Gasteiger partial charge in [-0.15, -0.1) is 0 Å². The van der Waals surface area contributed by atoms with E-state index in [4.69, 9.17) is 19.5 Å². The second-order valence-electron chi connectivity index (χ2n) is 9.44. The van der Waals surface area contributed by atoms with Crippen molar-refractivity contribution in [3.05, 3.63) is 82.0 Å². The first kappa shape index (κ1) is 24.1. The lowest BCUT2D eigenvalue weighted by Crippen LogP contribution is -2.50. The van der Waals surface area contributed by atoms with Crippen molar-refractivity contribution in [3.63, 3.8) is 0 Å². The number of H-pyrrole nitrogens is 1. The summed E-state index contributed by atoms with van der Waals surface area (Å²) >= 11 is 0. The molecule has 8 nitrogen and oxygen atoms in total. The Balaban J connectivity index is 1.74. The molecule has 0 amide bonds. The van der Waals surface area contributed by atoms with Crippen LogP contribution in [0.25, 0.3) is 12.2 Å². The number of nitrogens with zero attached hydrogens (tertiary/aromatic N) is 3. The summed E-state index contributed by atoms with van der Waals surface area (Å²) in [6.07, 6.45) is 14.1. The fourth-order valence-electron chi connectivity index (χ4n) is 5.06. The number of rotatable bonds is 8. The largest absolute Gasteiger partial charge is 0.394 e. The van der Waals surface area contributed by atoms with Crippen molar-refractivity contribution in [2.45, 2.75) is 38.0 Å². The normalized spacial score (nSPS) is 26.2. The van der Waals surface area contributed by atoms with E-state index < -0.39 is 24.1 Å². The Hall–Kier alpha value is -3.30. The van der Waals surface area contributed by atoms with Crippen LogP contribution in [0.5, 0.6) is 0 Å². The van der Waals surface area contributed by atoms with Crippen LogP contribution in [0.1, 0.15) is 21.6 Å². The second-order valence-corrected chi connectivity index (χ2v) is 9.44. The summed E-state index contributed by atoms with van der Waals surface area (Å²) in [7, 11) is 1.95. The third-order valence-electron chi connectivity index (χ3n) is 7.00. The highest BCUT2D eigenvalue weighted by molar-refractivity contribution is 6.20. The molecule has 5 heterocycles. The van der Waals surface area contributed by atoms with Gasteiger partial charge in [0.2, 0.25) is 0 Å². The number of fused-ring (bicyclic) bond motifs is 6. The summed E-state index contributed by atoms with van der Waals surface area (Å²) in [5.74, 6) is 0. The van der Waals surface area contributed by atoms with Crippen LogP contribution in [0.2, 0.25) is 0 Å². The average molecular weight is 504 g/mol. The van der Waals surface area contributed by atoms with Gasteiger partial charge in [-0.05, 0) is 80.2 Å². The molecule has 1 aromatic rings. The molecule has 8 heteroatoms. The van der Waals surface area contributed by atoms with Crippen LogP contribution in [0.3, 0.4) is 0 Å². The van der Waals surface area contributed by atoms with Crippen LogP contribution in [0.15, 0.2) is 81.2 Å². The average Bonchev–Trinajstić information content (AvgIpc) is 3.68. The predicted octanol–water partition coefficient (Wildman–Crippen LogP) is 1.50. The molecule has 0 spiro atoms. The standard InChI is InChI=1S/C29H34N4O4/c1-19(36-12-10-34)27-18-29(20(2)37-13-11-35)17-26-9-8-24(32-26)15-22-5-4-21(30-22)14-23-6-7-25(31-23)16-28(27)33(29)3/h4-9,14-17,19-20,30,34-35H,10-13,18H2,1-3H3/i18D. The number of aromatic amines is 1. The Morgan fingerprint density at radius 3 is 2.27 bits per heavy atom. The van der Waals surface area contributed by atoms with E-state index in [2.05, 4.69) is 9.88 Å². The minimum absolute atomic E-state index is 0.108. The molecular weight excluding hydrogens is 468 g/mol. The summed E-state index contributed by atoms with van der Waals surface area (Å²) in [5.41, 5.74) is 3.72. The third kappa shape index (κ3) is 5.10. The zero-order chi connectivity index (χ0) is 26.9. The lowest BCUT2D eigenvalue weighted by Gasteiger charge is -2.41. The van der Waals surface area contributed by atoms with Gasteiger partial charge in [-0.3, -0.25) is 0 Å². The first-order chi connectivity index (χ1) is 18.3. The molecule has 3 N–H and O–H groups in total. The molecule has 37 heavy (non-hydrogen) atoms. The van der Waals surface area contributed by atoms with Crippen LogP contribution in [0.4, 0.5) is 0 Å². The van der Waals surface area contributed by atoms with Crippen molar-refractivity contribution in [3.8, 4) is 0 Å². The highest BCUT2D eigenvalue weighted by Gasteiger charge is 2.47. The molecule has 0 fully saturated rings. The number of aromatic nitrogens is 1. The quantitative estimate of drug-likeness (QED) is 0.499. The Morgan fingerprint density at radius 2 is 1.59 bits per heavy atom. The SMILES string of the molecule is [2H]C1C(C(C)OCCO)=C2C=C3C=CC(=N3)C=c3ccc([nH]3)=CC3=NC(=CC1(C(C)OCCO)N2C)C=C3. The molecule has 194 valence electrons. The van der Waals surface area contributed by atoms with Crippen LogP contribution in [-0.4, -0.2) is 82.7 Å². The molecule has 1 aromatic heterocycles. The lowest BCUT2D eigenvalue weighted by molar-refractivity contribution is -0.0277. The minimum Gasteiger partial charge on any atom is -0.394 e. The summed E-state index contributed by atoms with van der Waals surface area (Å²) in [5, 5.41) is 20.8. The van der Waals surface area contributed by atoms with Gasteiger partial charge in [0.1, 0.15) is 0 Å². The van der Waals surface area contributed by atoms with Crippen LogP contribution in [0, 0.1) is 0 Å². The second kappa shape index (κ2) is 10.6. The smallest absolute Gasteiger partial charge is 0.0902 e. The Labute approximate surface area is 218 Å². The number of aliphatic hydroxyl groups is 2. The van der Waals surface area contributed by atoms with Gasteiger partial charge in [0.25, 0.3) is 0 Å². The molecule has 4 aliphatic heterocycles. The molecule has 0 aliphatic carbocycles. The molecule has 8 bridgehead atoms. The monoisotopic (exact) mass is 503 g/mol. The summed E-state index contributed by atoms with van der Waals surface area (Å²) in [6.45, 7) is 3.91. The Bertz CT molecular complexity index is 1430. The molecule has 0 saturated carbocycles. The number of likely N-dealkylation sites (N-methyl/N-ethyl adjacent to an activating group) is 1. The van der Waals surface area contributed by atoms with Gasteiger partial charge in [0, 0.05) is 31.2 Å². The molecule has 4 atom stereocenters. The van der Waals surface area contributed by atoms with Gasteiger partial charge in [-0.2, -0.15) is 0 Å². The van der Waals surface area contributed by atoms with E-state index in [1.54, 1.807) is 0 Å². The molecule has 0 saturated heterocycles. The molecular formula is C29H34N4O4. The van der Waals surface area contributed by atoms with Gasteiger partial charge in [-0.25, -0.2) is 9.98 Å². The number of allylic oxidation sites excluding steroid dienone is 5. The highest BCUT2D eigenvalue weighted by atomic mass is 16.5. The first-order valence-electron chi connectivity index (χ1n) is 13.1. The van der Waals surface area contributed by atoms with E-state index in [0.29, 0.717) is 0 Å². The van der Waals surface area contributed by atoms with Gasteiger partial charge >= 0.3 is 0 Å². The molecule has 4 aliphatic rings. The van der Waals surface area contributed by atoms with Crippen molar-refractivity contribution >= 4 is 23.6 Å². The fraction of sp³-hybridized carbons (Fsp3) is 0.379. The number of aliphatic hydroxyl groups excluding tert-OH is 2. The Morgan fingerprint density at radius 1 is 0.973 bits per heavy atom. The van der Waals surface area contributed by atoms with Crippen molar-refractivity contribution in [2.24, 2.45) is 9.98 Å². The summed E-state index contributed by atoms with van der Waals surface area (Å²) < 4.78 is 21.6. The highest BCUT2D eigenvalue weighted by Crippen LogP contribution is 2.44. The number of aliphatic imine (C=N–C) groups is 2. The predicted molar refractivity (Wildman–Crippen MR) is 145 cm³/mol. The van der Waals surface area contributed by atoms with Crippen LogP contribution < -0.4 is 10.7 Å². The van der Waals surface area contributed by atoms with E-state index in [-0.39, 0.29) is 26.4 Å². The van der Waals surface area contributed by atoms with Crippen LogP contribution in [-0.2, 0) is 9.47 Å². The number of ether oxygens (including phenoxy) is 2. The van der Waals surface area contributed by atoms with E-state index in [0.717, 1.165) is 44.8 Å². The Kier molecular flexibility index (Phi) is 6.89. The zero-order valence-electron chi connectivity index (χ0n) is 22.4. The van der Waals surface area contributed by atoms with Gasteiger partial charge in [0.15, 0.2) is 0 Å². The summed E-state index contributed by atoms with van der Waals surface area (Å²) in [6, 6.07) is 4.01. The zero-order valence-corrected chi connectivity index (χ0v) is 21.4. The number of hydrogen-bond donors (Lipinski definition) is 3. The minimum atomic E-state index is -0.954. The van der Waals surface area contributed by atoms with Crippen molar-refractivity contribution in [1.29, 1.82) is 0 Å². The van der Waals surface area contributed by atoms with Gasteiger partial charge in [-0.1, -0.05) is 0 Å². The number of nitrogens with one attached hydrogen (secondary N) is 1. The van der Waals surface area contributed by atoms with E-state index in [9.17, 15) is 11.6 Å². The van der Waals surface area contributed by atoms with Crippen molar-refractivity contribution in [2.75, 3.05) is 33.5 Å². The first-order valence-corrected chi connectivity index (χ1v) is 12.6. The maximum atomic E-state index is 9.58.